The topological polar surface area (TPSA) is 111 Å². The van der Waals surface area contributed by atoms with Crippen LogP contribution >= 0.6 is 7.82 Å². The highest BCUT2D eigenvalue weighted by Gasteiger charge is 2.22. The summed E-state index contributed by atoms with van der Waals surface area (Å²) >= 11 is 0. The van der Waals surface area contributed by atoms with Crippen LogP contribution in [0.1, 0.15) is 258 Å². The number of unbranched alkanes of at least 4 members (excludes halogenated alkanes) is 23. The molecule has 2 unspecified atom stereocenters. The Hall–Kier alpha value is -3.85. The van der Waals surface area contributed by atoms with Gasteiger partial charge in [0, 0.05) is 12.8 Å². The number of carbonyl (C=O) groups is 2. The van der Waals surface area contributed by atoms with Crippen LogP contribution in [0.3, 0.4) is 0 Å². The van der Waals surface area contributed by atoms with E-state index in [1.54, 1.807) is 0 Å². The van der Waals surface area contributed by atoms with Gasteiger partial charge in [-0.05, 0) is 109 Å². The molecule has 0 aliphatic heterocycles. The van der Waals surface area contributed by atoms with Crippen molar-refractivity contribution < 1.29 is 42.1 Å². The number of phosphoric ester groups is 1. The molecule has 0 N–H and O–H groups in total. The number of quaternary nitrogens is 1. The van der Waals surface area contributed by atoms with E-state index in [1.165, 1.54) is 122 Å². The molecule has 10 heteroatoms. The average molecular weight is 1160 g/mol. The molecule has 0 radical (unpaired) electrons. The summed E-state index contributed by atoms with van der Waals surface area (Å²) in [5, 5.41) is 0. The van der Waals surface area contributed by atoms with E-state index in [9.17, 15) is 19.0 Å². The van der Waals surface area contributed by atoms with E-state index >= 15 is 0 Å². The summed E-state index contributed by atoms with van der Waals surface area (Å²) in [6.45, 7) is 3.96. The molecular weight excluding hydrogens is 1040 g/mol. The normalized spacial score (nSPS) is 14.1. The highest BCUT2D eigenvalue weighted by atomic mass is 31.2. The molecule has 0 aliphatic rings. The molecule has 0 saturated heterocycles. The quantitative estimate of drug-likeness (QED) is 0.0195. The second-order valence-corrected chi connectivity index (χ2v) is 24.1. The highest BCUT2D eigenvalue weighted by molar-refractivity contribution is 7.45. The number of rotatable bonds is 59. The molecule has 0 aromatic rings. The molecule has 0 aromatic carbocycles. The SMILES string of the molecule is CC/C=C\C/C=C\C/C=C\C/C=C\C/C=C\C/C=C\CCCCC(=O)OC(COC(=O)CCCCCCCCCCCCCCCCCCCCCCC/C=C\C/C=C\C/C=C\C/C=C\C/C=C\CC)COP(=O)([O-])OCC[N+](C)(C)C. The third-order valence-corrected chi connectivity index (χ3v) is 14.6. The minimum atomic E-state index is -4.66. The Balaban J connectivity index is 4.05. The van der Waals surface area contributed by atoms with Gasteiger partial charge in [0.05, 0.1) is 27.7 Å². The summed E-state index contributed by atoms with van der Waals surface area (Å²) in [5.41, 5.74) is 0. The van der Waals surface area contributed by atoms with Gasteiger partial charge in [-0.15, -0.1) is 0 Å². The number of likely N-dealkylation sites (N-methyl/N-ethyl adjacent to an activating group) is 1. The van der Waals surface area contributed by atoms with Crippen molar-refractivity contribution in [3.63, 3.8) is 0 Å². The van der Waals surface area contributed by atoms with Crippen LogP contribution in [0.5, 0.6) is 0 Å². The summed E-state index contributed by atoms with van der Waals surface area (Å²) in [7, 11) is 1.13. The molecule has 0 fully saturated rings. The molecule has 468 valence electrons. The van der Waals surface area contributed by atoms with Gasteiger partial charge in [-0.3, -0.25) is 14.2 Å². The van der Waals surface area contributed by atoms with Gasteiger partial charge in [0.15, 0.2) is 6.10 Å². The van der Waals surface area contributed by atoms with Crippen LogP contribution in [0.2, 0.25) is 0 Å². The molecule has 0 rings (SSSR count). The minimum Gasteiger partial charge on any atom is -0.756 e. The van der Waals surface area contributed by atoms with Crippen LogP contribution < -0.4 is 4.89 Å². The fraction of sp³-hybridized carbons (Fsp3) is 0.667. The number of ether oxygens (including phenoxy) is 2. The molecule has 9 nitrogen and oxygen atoms in total. The molecule has 0 aromatic heterocycles. The Morgan fingerprint density at radius 2 is 0.659 bits per heavy atom. The van der Waals surface area contributed by atoms with Crippen molar-refractivity contribution in [3.8, 4) is 0 Å². The Bertz CT molecular complexity index is 1850. The standard InChI is InChI=1S/C72H122NO8P/c1-6-8-10-12-14-16-18-20-22-24-26-28-29-30-31-32-33-34-35-36-37-38-39-40-41-42-43-45-46-48-50-52-54-56-58-60-62-64-71(74)78-68-70(69-80-82(76,77)79-67-66-73(3,4)5)81-72(75)65-63-61-59-57-55-53-51-49-47-44-27-25-23-21-19-17-15-13-11-9-7-2/h8-11,14-17,20-23,26-28,30-31,44,49,51,55,57,70H,6-7,12-13,18-19,24-25,29,32-43,45-48,50,52-54,56,58-69H2,1-5H3/b10-8-,11-9-,16-14-,17-15-,22-20-,23-21-,28-26-,31-30-,44-27-,51-49-,57-55-. The van der Waals surface area contributed by atoms with Gasteiger partial charge in [-0.25, -0.2) is 0 Å². The third-order valence-electron chi connectivity index (χ3n) is 13.7. The lowest BCUT2D eigenvalue weighted by molar-refractivity contribution is -0.870. The maximum Gasteiger partial charge on any atom is 0.306 e. The lowest BCUT2D eigenvalue weighted by Gasteiger charge is -2.28. The summed E-state index contributed by atoms with van der Waals surface area (Å²) in [5.74, 6) is -0.885. The zero-order valence-corrected chi connectivity index (χ0v) is 54.0. The number of hydrogen-bond acceptors (Lipinski definition) is 8. The fourth-order valence-electron chi connectivity index (χ4n) is 8.69. The number of esters is 2. The van der Waals surface area contributed by atoms with Crippen LogP contribution in [0, 0.1) is 0 Å². The maximum absolute atomic E-state index is 12.8. The van der Waals surface area contributed by atoms with E-state index < -0.39 is 32.5 Å². The van der Waals surface area contributed by atoms with Crippen molar-refractivity contribution in [1.82, 2.24) is 0 Å². The van der Waals surface area contributed by atoms with Crippen molar-refractivity contribution in [1.29, 1.82) is 0 Å². The molecule has 0 saturated carbocycles. The summed E-state index contributed by atoms with van der Waals surface area (Å²) in [6, 6.07) is 0. The monoisotopic (exact) mass is 1160 g/mol. The van der Waals surface area contributed by atoms with Gasteiger partial charge in [0.25, 0.3) is 7.82 Å². The number of allylic oxidation sites excluding steroid dienone is 22. The van der Waals surface area contributed by atoms with Crippen LogP contribution in [-0.4, -0.2) is 70.0 Å². The average Bonchev–Trinajstić information content (AvgIpc) is 3.46. The molecule has 0 spiro atoms. The van der Waals surface area contributed by atoms with E-state index in [4.69, 9.17) is 18.5 Å². The Kier molecular flexibility index (Phi) is 58.8. The lowest BCUT2D eigenvalue weighted by Crippen LogP contribution is -2.37. The maximum atomic E-state index is 12.8. The molecule has 0 bridgehead atoms. The lowest BCUT2D eigenvalue weighted by atomic mass is 10.0. The molecule has 82 heavy (non-hydrogen) atoms. The second-order valence-electron chi connectivity index (χ2n) is 22.7. The fourth-order valence-corrected chi connectivity index (χ4v) is 9.42. The zero-order valence-electron chi connectivity index (χ0n) is 53.1. The van der Waals surface area contributed by atoms with Crippen LogP contribution in [0.4, 0.5) is 0 Å². The first kappa shape index (κ1) is 78.1. The van der Waals surface area contributed by atoms with Crippen LogP contribution in [0.15, 0.2) is 134 Å². The summed E-state index contributed by atoms with van der Waals surface area (Å²) in [4.78, 5) is 37.9. The summed E-state index contributed by atoms with van der Waals surface area (Å²) < 4.78 is 34.2. The molecular formula is C72H122NO8P. The predicted octanol–water partition coefficient (Wildman–Crippen LogP) is 20.6. The number of nitrogens with zero attached hydrogens (tertiary/aromatic N) is 1. The molecule has 0 amide bonds. The molecule has 0 heterocycles. The first-order valence-electron chi connectivity index (χ1n) is 32.9. The van der Waals surface area contributed by atoms with Gasteiger partial charge >= 0.3 is 11.9 Å². The Morgan fingerprint density at radius 3 is 1.00 bits per heavy atom. The summed E-state index contributed by atoms with van der Waals surface area (Å²) in [6.07, 6.45) is 89.7. The first-order chi connectivity index (χ1) is 40.0. The van der Waals surface area contributed by atoms with Crippen molar-refractivity contribution >= 4 is 19.8 Å². The van der Waals surface area contributed by atoms with E-state index in [-0.39, 0.29) is 26.1 Å². The van der Waals surface area contributed by atoms with Gasteiger partial charge in [0.1, 0.15) is 19.8 Å². The predicted molar refractivity (Wildman–Crippen MR) is 351 cm³/mol. The largest absolute Gasteiger partial charge is 0.756 e. The van der Waals surface area contributed by atoms with E-state index in [0.29, 0.717) is 17.4 Å². The van der Waals surface area contributed by atoms with Crippen molar-refractivity contribution in [2.45, 2.75) is 264 Å². The Labute approximate surface area is 504 Å². The van der Waals surface area contributed by atoms with E-state index in [1.807, 2.05) is 21.1 Å². The van der Waals surface area contributed by atoms with Gasteiger partial charge < -0.3 is 27.9 Å². The minimum absolute atomic E-state index is 0.0447. The molecule has 2 atom stereocenters. The number of hydrogen-bond donors (Lipinski definition) is 0. The van der Waals surface area contributed by atoms with Crippen LogP contribution in [-0.2, 0) is 32.7 Å². The van der Waals surface area contributed by atoms with E-state index in [2.05, 4.69) is 148 Å². The number of carbonyl (C=O) groups excluding carboxylic acids is 2. The molecule has 0 aliphatic carbocycles. The van der Waals surface area contributed by atoms with Crippen molar-refractivity contribution in [2.75, 3.05) is 47.5 Å². The third kappa shape index (κ3) is 65.3. The van der Waals surface area contributed by atoms with Crippen molar-refractivity contribution in [3.05, 3.63) is 134 Å². The van der Waals surface area contributed by atoms with Crippen molar-refractivity contribution in [2.24, 2.45) is 0 Å². The number of phosphoric acid groups is 1. The van der Waals surface area contributed by atoms with E-state index in [0.717, 1.165) is 103 Å². The van der Waals surface area contributed by atoms with Gasteiger partial charge in [0.2, 0.25) is 0 Å². The zero-order chi connectivity index (χ0) is 59.8. The van der Waals surface area contributed by atoms with Gasteiger partial charge in [-0.2, -0.15) is 0 Å². The smallest absolute Gasteiger partial charge is 0.306 e. The highest BCUT2D eigenvalue weighted by Crippen LogP contribution is 2.38. The van der Waals surface area contributed by atoms with Crippen LogP contribution in [0.25, 0.3) is 0 Å². The second kappa shape index (κ2) is 61.7. The Morgan fingerprint density at radius 1 is 0.378 bits per heavy atom. The first-order valence-corrected chi connectivity index (χ1v) is 34.4. The van der Waals surface area contributed by atoms with Gasteiger partial charge in [-0.1, -0.05) is 270 Å².